The van der Waals surface area contributed by atoms with Gasteiger partial charge in [-0.05, 0) is 58.0 Å². The number of rotatable bonds is 3. The van der Waals surface area contributed by atoms with E-state index in [0.717, 1.165) is 10.0 Å². The molecule has 0 aliphatic carbocycles. The zero-order valence-electron chi connectivity index (χ0n) is 9.86. The number of halogens is 2. The van der Waals surface area contributed by atoms with Gasteiger partial charge in [-0.15, -0.1) is 0 Å². The van der Waals surface area contributed by atoms with E-state index in [1.165, 1.54) is 12.1 Å². The first-order valence-electron chi connectivity index (χ1n) is 5.54. The predicted octanol–water partition coefficient (Wildman–Crippen LogP) is 3.47. The van der Waals surface area contributed by atoms with E-state index in [1.807, 2.05) is 12.1 Å². The molecule has 98 valence electrons. The zero-order chi connectivity index (χ0) is 13.7. The monoisotopic (exact) mass is 339 g/mol. The second kappa shape index (κ2) is 6.58. The third-order valence-corrected chi connectivity index (χ3v) is 3.05. The average Bonchev–Trinajstić information content (AvgIpc) is 2.41. The second-order valence-corrected chi connectivity index (χ2v) is 5.12. The first-order valence-corrected chi connectivity index (χ1v) is 6.74. The molecule has 0 saturated heterocycles. The van der Waals surface area contributed by atoms with Crippen molar-refractivity contribution in [1.29, 1.82) is 0 Å². The molecule has 0 fully saturated rings. The van der Waals surface area contributed by atoms with E-state index in [1.54, 1.807) is 18.3 Å². The number of hydrogen-bond donors (Lipinski definition) is 2. The molecule has 3 nitrogen and oxygen atoms in total. The highest BCUT2D eigenvalue weighted by atomic mass is 79.9. The lowest BCUT2D eigenvalue weighted by atomic mass is 10.2. The number of nitrogens with zero attached hydrogens (tertiary/aromatic N) is 1. The van der Waals surface area contributed by atoms with E-state index < -0.39 is 0 Å². The van der Waals surface area contributed by atoms with E-state index in [9.17, 15) is 4.39 Å². The molecule has 0 aliphatic heterocycles. The number of anilines is 1. The lowest BCUT2D eigenvalue weighted by Gasteiger charge is -2.09. The average molecular weight is 340 g/mol. The molecule has 1 heterocycles. The van der Waals surface area contributed by atoms with Crippen LogP contribution in [0.15, 0.2) is 47.1 Å². The van der Waals surface area contributed by atoms with Crippen LogP contribution in [0, 0.1) is 5.82 Å². The summed E-state index contributed by atoms with van der Waals surface area (Å²) in [6.45, 7) is 0.530. The normalized spacial score (nSPS) is 10.0. The number of pyridine rings is 1. The summed E-state index contributed by atoms with van der Waals surface area (Å²) in [7, 11) is 0. The molecule has 6 heteroatoms. The van der Waals surface area contributed by atoms with Crippen LogP contribution in [0.5, 0.6) is 0 Å². The van der Waals surface area contributed by atoms with Crippen molar-refractivity contribution in [2.24, 2.45) is 0 Å². The highest BCUT2D eigenvalue weighted by Crippen LogP contribution is 2.10. The molecule has 0 unspecified atom stereocenters. The van der Waals surface area contributed by atoms with Crippen LogP contribution >= 0.6 is 28.1 Å². The van der Waals surface area contributed by atoms with Gasteiger partial charge in [0.2, 0.25) is 0 Å². The molecule has 0 saturated carbocycles. The van der Waals surface area contributed by atoms with Crippen LogP contribution < -0.4 is 10.6 Å². The van der Waals surface area contributed by atoms with Crippen LogP contribution in [0.25, 0.3) is 0 Å². The quantitative estimate of drug-likeness (QED) is 0.839. The number of aromatic nitrogens is 1. The van der Waals surface area contributed by atoms with Crippen LogP contribution in [0.4, 0.5) is 10.2 Å². The summed E-state index contributed by atoms with van der Waals surface area (Å²) in [6, 6.07) is 9.95. The van der Waals surface area contributed by atoms with E-state index in [-0.39, 0.29) is 5.82 Å². The first-order chi connectivity index (χ1) is 9.13. The Kier molecular flexibility index (Phi) is 4.81. The summed E-state index contributed by atoms with van der Waals surface area (Å²) in [4.78, 5) is 4.15. The summed E-state index contributed by atoms with van der Waals surface area (Å²) in [5, 5.41) is 6.46. The Bertz CT molecular complexity index is 557. The third kappa shape index (κ3) is 4.57. The van der Waals surface area contributed by atoms with Crippen molar-refractivity contribution in [3.63, 3.8) is 0 Å². The largest absolute Gasteiger partial charge is 0.358 e. The molecule has 2 aromatic rings. The Labute approximate surface area is 124 Å². The Balaban J connectivity index is 1.84. The number of nitrogens with one attached hydrogen (secondary N) is 2. The van der Waals surface area contributed by atoms with Gasteiger partial charge in [0.25, 0.3) is 0 Å². The fraction of sp³-hybridized carbons (Fsp3) is 0.0769. The molecular formula is C13H11BrFN3S. The molecule has 1 aromatic carbocycles. The fourth-order valence-corrected chi connectivity index (χ4v) is 1.81. The first kappa shape index (κ1) is 13.9. The van der Waals surface area contributed by atoms with E-state index in [2.05, 4.69) is 31.5 Å². The van der Waals surface area contributed by atoms with Gasteiger partial charge in [-0.2, -0.15) is 0 Å². The number of hydrogen-bond acceptors (Lipinski definition) is 2. The van der Waals surface area contributed by atoms with Crippen molar-refractivity contribution in [1.82, 2.24) is 10.3 Å². The lowest BCUT2D eigenvalue weighted by Crippen LogP contribution is -2.28. The SMILES string of the molecule is Fc1ccc(CNC(=S)Nc2ccc(Br)cn2)cc1. The minimum atomic E-state index is -0.247. The van der Waals surface area contributed by atoms with E-state index in [0.29, 0.717) is 17.5 Å². The summed E-state index contributed by atoms with van der Waals surface area (Å²) in [6.07, 6.45) is 1.69. The van der Waals surface area contributed by atoms with Crippen molar-refractivity contribution in [2.75, 3.05) is 5.32 Å². The highest BCUT2D eigenvalue weighted by molar-refractivity contribution is 9.10. The molecule has 0 amide bonds. The van der Waals surface area contributed by atoms with Crippen molar-refractivity contribution in [3.8, 4) is 0 Å². The Morgan fingerprint density at radius 3 is 2.58 bits per heavy atom. The number of benzene rings is 1. The van der Waals surface area contributed by atoms with Gasteiger partial charge >= 0.3 is 0 Å². The van der Waals surface area contributed by atoms with Crippen LogP contribution in [0.2, 0.25) is 0 Å². The van der Waals surface area contributed by atoms with Crippen LogP contribution in [-0.2, 0) is 6.54 Å². The minimum Gasteiger partial charge on any atom is -0.358 e. The zero-order valence-corrected chi connectivity index (χ0v) is 12.3. The molecule has 0 spiro atoms. The van der Waals surface area contributed by atoms with E-state index in [4.69, 9.17) is 12.2 Å². The van der Waals surface area contributed by atoms with Gasteiger partial charge in [0, 0.05) is 17.2 Å². The van der Waals surface area contributed by atoms with Gasteiger partial charge in [0.05, 0.1) is 0 Å². The van der Waals surface area contributed by atoms with Gasteiger partial charge in [-0.3, -0.25) is 0 Å². The molecule has 0 aliphatic rings. The Morgan fingerprint density at radius 1 is 1.21 bits per heavy atom. The standard InChI is InChI=1S/C13H11BrFN3S/c14-10-3-6-12(16-8-10)18-13(19)17-7-9-1-4-11(15)5-2-9/h1-6,8H,7H2,(H2,16,17,18,19). The predicted molar refractivity (Wildman–Crippen MR) is 81.4 cm³/mol. The summed E-state index contributed by atoms with van der Waals surface area (Å²) in [5.41, 5.74) is 0.953. The van der Waals surface area contributed by atoms with Gasteiger partial charge in [0.15, 0.2) is 5.11 Å². The van der Waals surface area contributed by atoms with Crippen LogP contribution in [0.3, 0.4) is 0 Å². The maximum Gasteiger partial charge on any atom is 0.172 e. The fourth-order valence-electron chi connectivity index (χ4n) is 1.39. The highest BCUT2D eigenvalue weighted by Gasteiger charge is 1.99. The van der Waals surface area contributed by atoms with Crippen molar-refractivity contribution >= 4 is 39.1 Å². The third-order valence-electron chi connectivity index (χ3n) is 2.34. The molecule has 19 heavy (non-hydrogen) atoms. The van der Waals surface area contributed by atoms with Crippen molar-refractivity contribution in [2.45, 2.75) is 6.54 Å². The van der Waals surface area contributed by atoms with E-state index >= 15 is 0 Å². The maximum absolute atomic E-state index is 12.7. The Hall–Kier alpha value is -1.53. The smallest absolute Gasteiger partial charge is 0.172 e. The van der Waals surface area contributed by atoms with Gasteiger partial charge in [0.1, 0.15) is 11.6 Å². The molecule has 0 atom stereocenters. The number of thiocarbonyl (C=S) groups is 1. The van der Waals surface area contributed by atoms with Gasteiger partial charge < -0.3 is 10.6 Å². The molecule has 0 bridgehead atoms. The molecule has 1 aromatic heterocycles. The maximum atomic E-state index is 12.7. The molecule has 0 radical (unpaired) electrons. The lowest BCUT2D eigenvalue weighted by molar-refractivity contribution is 0.627. The van der Waals surface area contributed by atoms with Gasteiger partial charge in [-0.1, -0.05) is 12.1 Å². The van der Waals surface area contributed by atoms with Crippen molar-refractivity contribution < 1.29 is 4.39 Å². The van der Waals surface area contributed by atoms with Crippen LogP contribution in [-0.4, -0.2) is 10.1 Å². The minimum absolute atomic E-state index is 0.247. The molecule has 2 rings (SSSR count). The summed E-state index contributed by atoms with van der Waals surface area (Å²) < 4.78 is 13.6. The van der Waals surface area contributed by atoms with Gasteiger partial charge in [-0.25, -0.2) is 9.37 Å². The molecular weight excluding hydrogens is 329 g/mol. The molecule has 2 N–H and O–H groups in total. The topological polar surface area (TPSA) is 37.0 Å². The Morgan fingerprint density at radius 2 is 1.95 bits per heavy atom. The second-order valence-electron chi connectivity index (χ2n) is 3.80. The summed E-state index contributed by atoms with van der Waals surface area (Å²) >= 11 is 8.46. The van der Waals surface area contributed by atoms with Crippen molar-refractivity contribution in [3.05, 3.63) is 58.4 Å². The van der Waals surface area contributed by atoms with Crippen LogP contribution in [0.1, 0.15) is 5.56 Å². The summed E-state index contributed by atoms with van der Waals surface area (Å²) in [5.74, 6) is 0.420.